The molecule has 1 saturated heterocycles. The fraction of sp³-hybridized carbons (Fsp3) is 0.529. The Bertz CT molecular complexity index is 522. The summed E-state index contributed by atoms with van der Waals surface area (Å²) in [5.74, 6) is 0.216. The Morgan fingerprint density at radius 3 is 2.55 bits per heavy atom. The molecule has 120 valence electrons. The number of urea groups is 1. The molecule has 0 radical (unpaired) electrons. The van der Waals surface area contributed by atoms with Gasteiger partial charge in [-0.2, -0.15) is 0 Å². The number of rotatable bonds is 3. The second-order valence-corrected chi connectivity index (χ2v) is 6.88. The summed E-state index contributed by atoms with van der Waals surface area (Å²) in [6, 6.07) is 9.92. The summed E-state index contributed by atoms with van der Waals surface area (Å²) in [6.07, 6.45) is 1.05. The molecular formula is C17H25N3O2. The van der Waals surface area contributed by atoms with Crippen LogP contribution in [0.2, 0.25) is 0 Å². The van der Waals surface area contributed by atoms with Gasteiger partial charge in [0.15, 0.2) is 0 Å². The van der Waals surface area contributed by atoms with Crippen molar-refractivity contribution in [3.05, 3.63) is 35.9 Å². The summed E-state index contributed by atoms with van der Waals surface area (Å²) in [4.78, 5) is 25.7. The van der Waals surface area contributed by atoms with Crippen molar-refractivity contribution in [2.75, 3.05) is 19.6 Å². The van der Waals surface area contributed by atoms with Crippen LogP contribution in [0.5, 0.6) is 0 Å². The third-order valence-corrected chi connectivity index (χ3v) is 3.65. The lowest BCUT2D eigenvalue weighted by atomic mass is 9.99. The number of carbonyl (C=O) groups excluding carboxylic acids is 2. The fourth-order valence-electron chi connectivity index (χ4n) is 2.71. The number of hydrogen-bond acceptors (Lipinski definition) is 3. The van der Waals surface area contributed by atoms with E-state index in [-0.39, 0.29) is 18.0 Å². The molecular weight excluding hydrogens is 278 g/mol. The fourth-order valence-corrected chi connectivity index (χ4v) is 2.71. The molecule has 0 spiro atoms. The van der Waals surface area contributed by atoms with E-state index in [1.807, 2.05) is 39.0 Å². The molecule has 1 atom stereocenters. The van der Waals surface area contributed by atoms with Crippen LogP contribution in [0.15, 0.2) is 30.3 Å². The normalized spacial score (nSPS) is 19.0. The highest BCUT2D eigenvalue weighted by Crippen LogP contribution is 2.26. The highest BCUT2D eigenvalue weighted by Gasteiger charge is 2.25. The van der Waals surface area contributed by atoms with Crippen molar-refractivity contribution < 1.29 is 9.59 Å². The number of nitrogens with one attached hydrogen (secondary N) is 2. The minimum Gasteiger partial charge on any atom is -0.333 e. The number of carbonyl (C=O) groups is 2. The summed E-state index contributed by atoms with van der Waals surface area (Å²) in [5.41, 5.74) is 0.965. The minimum absolute atomic E-state index is 0.254. The lowest BCUT2D eigenvalue weighted by Gasteiger charge is -2.21. The van der Waals surface area contributed by atoms with Crippen molar-refractivity contribution in [3.63, 3.8) is 0 Å². The summed E-state index contributed by atoms with van der Waals surface area (Å²) < 4.78 is 0. The zero-order valence-electron chi connectivity index (χ0n) is 13.6. The topological polar surface area (TPSA) is 61.4 Å². The molecule has 1 fully saturated rings. The van der Waals surface area contributed by atoms with Crippen LogP contribution in [-0.4, -0.2) is 42.0 Å². The third-order valence-electron chi connectivity index (χ3n) is 3.65. The monoisotopic (exact) mass is 303 g/mol. The molecule has 2 rings (SSSR count). The van der Waals surface area contributed by atoms with Gasteiger partial charge >= 0.3 is 6.03 Å². The van der Waals surface area contributed by atoms with E-state index in [1.54, 1.807) is 0 Å². The van der Waals surface area contributed by atoms with Crippen molar-refractivity contribution in [3.8, 4) is 0 Å². The number of imide groups is 1. The highest BCUT2D eigenvalue weighted by molar-refractivity contribution is 5.95. The first-order valence-corrected chi connectivity index (χ1v) is 7.73. The van der Waals surface area contributed by atoms with Crippen LogP contribution in [0.25, 0.3) is 0 Å². The van der Waals surface area contributed by atoms with Crippen LogP contribution in [0.1, 0.15) is 38.7 Å². The number of hydrogen-bond donors (Lipinski definition) is 2. The molecule has 0 bridgehead atoms. The van der Waals surface area contributed by atoms with Crippen molar-refractivity contribution in [2.45, 2.75) is 38.6 Å². The van der Waals surface area contributed by atoms with Gasteiger partial charge < -0.3 is 5.32 Å². The van der Waals surface area contributed by atoms with Gasteiger partial charge in [-0.3, -0.25) is 15.0 Å². The smallest absolute Gasteiger partial charge is 0.321 e. The SMILES string of the molecule is CC(C)(C)NC(=O)NC(=O)CN1CC[C@H](c2ccccc2)C1. The van der Waals surface area contributed by atoms with E-state index in [9.17, 15) is 9.59 Å². The highest BCUT2D eigenvalue weighted by atomic mass is 16.2. The van der Waals surface area contributed by atoms with E-state index in [4.69, 9.17) is 0 Å². The molecule has 1 heterocycles. The molecule has 2 N–H and O–H groups in total. The molecule has 0 aromatic heterocycles. The number of nitrogens with zero attached hydrogens (tertiary/aromatic N) is 1. The molecule has 1 aliphatic rings. The molecule has 5 nitrogen and oxygen atoms in total. The number of benzene rings is 1. The maximum absolute atomic E-state index is 11.9. The maximum atomic E-state index is 11.9. The van der Waals surface area contributed by atoms with E-state index < -0.39 is 6.03 Å². The van der Waals surface area contributed by atoms with Gasteiger partial charge in [0.2, 0.25) is 5.91 Å². The summed E-state index contributed by atoms with van der Waals surface area (Å²) in [6.45, 7) is 7.64. The van der Waals surface area contributed by atoms with Gasteiger partial charge in [-0.05, 0) is 45.2 Å². The second kappa shape index (κ2) is 6.92. The lowest BCUT2D eigenvalue weighted by Crippen LogP contribution is -2.50. The van der Waals surface area contributed by atoms with E-state index in [0.717, 1.165) is 19.5 Å². The van der Waals surface area contributed by atoms with E-state index in [0.29, 0.717) is 5.92 Å². The van der Waals surface area contributed by atoms with Crippen molar-refractivity contribution in [1.29, 1.82) is 0 Å². The Balaban J connectivity index is 1.78. The van der Waals surface area contributed by atoms with Crippen LogP contribution in [-0.2, 0) is 4.79 Å². The zero-order chi connectivity index (χ0) is 16.2. The van der Waals surface area contributed by atoms with Gasteiger partial charge in [0.1, 0.15) is 0 Å². The summed E-state index contributed by atoms with van der Waals surface area (Å²) in [5, 5.41) is 5.11. The van der Waals surface area contributed by atoms with Crippen LogP contribution in [0.4, 0.5) is 4.79 Å². The molecule has 0 unspecified atom stereocenters. The van der Waals surface area contributed by atoms with E-state index in [2.05, 4.69) is 27.7 Å². The van der Waals surface area contributed by atoms with Crippen LogP contribution in [0, 0.1) is 0 Å². The Morgan fingerprint density at radius 1 is 1.23 bits per heavy atom. The van der Waals surface area contributed by atoms with Gasteiger partial charge in [-0.1, -0.05) is 30.3 Å². The molecule has 1 aliphatic heterocycles. The molecule has 0 saturated carbocycles. The van der Waals surface area contributed by atoms with Gasteiger partial charge in [-0.25, -0.2) is 4.79 Å². The Morgan fingerprint density at radius 2 is 1.91 bits per heavy atom. The van der Waals surface area contributed by atoms with Gasteiger partial charge in [0, 0.05) is 12.1 Å². The lowest BCUT2D eigenvalue weighted by molar-refractivity contribution is -0.120. The maximum Gasteiger partial charge on any atom is 0.321 e. The number of likely N-dealkylation sites (tertiary alicyclic amines) is 1. The number of amides is 3. The predicted octanol–water partition coefficient (Wildman–Crippen LogP) is 2.10. The van der Waals surface area contributed by atoms with Gasteiger partial charge in [0.05, 0.1) is 6.54 Å². The average molecular weight is 303 g/mol. The standard InChI is InChI=1S/C17H25N3O2/c1-17(2,3)19-16(22)18-15(21)12-20-10-9-14(11-20)13-7-5-4-6-8-13/h4-8,14H,9-12H2,1-3H3,(H2,18,19,21,22)/t14-/m0/s1. The summed E-state index contributed by atoms with van der Waals surface area (Å²) in [7, 11) is 0. The third kappa shape index (κ3) is 5.15. The van der Waals surface area contributed by atoms with Crippen molar-refractivity contribution in [1.82, 2.24) is 15.5 Å². The van der Waals surface area contributed by atoms with Crippen LogP contribution in [0.3, 0.4) is 0 Å². The minimum atomic E-state index is -0.434. The average Bonchev–Trinajstić information content (AvgIpc) is 2.85. The van der Waals surface area contributed by atoms with Gasteiger partial charge in [-0.15, -0.1) is 0 Å². The quantitative estimate of drug-likeness (QED) is 0.899. The molecule has 5 heteroatoms. The molecule has 0 aliphatic carbocycles. The van der Waals surface area contributed by atoms with Crippen LogP contribution >= 0.6 is 0 Å². The first-order valence-electron chi connectivity index (χ1n) is 7.73. The van der Waals surface area contributed by atoms with E-state index in [1.165, 1.54) is 5.56 Å². The molecule has 22 heavy (non-hydrogen) atoms. The van der Waals surface area contributed by atoms with Crippen molar-refractivity contribution in [2.24, 2.45) is 0 Å². The second-order valence-electron chi connectivity index (χ2n) is 6.88. The van der Waals surface area contributed by atoms with Crippen molar-refractivity contribution >= 4 is 11.9 Å². The Kier molecular flexibility index (Phi) is 5.19. The first-order chi connectivity index (χ1) is 10.3. The van der Waals surface area contributed by atoms with Gasteiger partial charge in [0.25, 0.3) is 0 Å². The van der Waals surface area contributed by atoms with E-state index >= 15 is 0 Å². The molecule has 3 amide bonds. The molecule has 1 aromatic rings. The largest absolute Gasteiger partial charge is 0.333 e. The Hall–Kier alpha value is -1.88. The zero-order valence-corrected chi connectivity index (χ0v) is 13.6. The molecule has 1 aromatic carbocycles. The predicted molar refractivity (Wildman–Crippen MR) is 86.7 cm³/mol. The first kappa shape index (κ1) is 16.5. The summed E-state index contributed by atoms with van der Waals surface area (Å²) >= 11 is 0. The Labute approximate surface area is 132 Å². The van der Waals surface area contributed by atoms with Crippen LogP contribution < -0.4 is 10.6 Å².